The van der Waals surface area contributed by atoms with Crippen molar-refractivity contribution in [3.63, 3.8) is 0 Å². The SMILES string of the molecule is Cc1c(COO)ccc2c1C(C)(C)CC2. The largest absolute Gasteiger partial charge is 0.251 e. The lowest BCUT2D eigenvalue weighted by molar-refractivity contribution is -0.253. The van der Waals surface area contributed by atoms with Crippen molar-refractivity contribution in [1.29, 1.82) is 0 Å². The van der Waals surface area contributed by atoms with E-state index in [9.17, 15) is 0 Å². The summed E-state index contributed by atoms with van der Waals surface area (Å²) in [6, 6.07) is 4.23. The van der Waals surface area contributed by atoms with E-state index in [2.05, 4.69) is 37.8 Å². The van der Waals surface area contributed by atoms with Crippen molar-refractivity contribution in [3.05, 3.63) is 34.4 Å². The molecule has 1 N–H and O–H groups in total. The minimum absolute atomic E-state index is 0.269. The van der Waals surface area contributed by atoms with Gasteiger partial charge in [0.25, 0.3) is 0 Å². The van der Waals surface area contributed by atoms with Crippen molar-refractivity contribution in [2.45, 2.75) is 45.6 Å². The molecule has 0 heterocycles. The first-order chi connectivity index (χ1) is 7.06. The van der Waals surface area contributed by atoms with E-state index >= 15 is 0 Å². The van der Waals surface area contributed by atoms with Crippen molar-refractivity contribution in [2.75, 3.05) is 0 Å². The highest BCUT2D eigenvalue weighted by atomic mass is 17.1. The van der Waals surface area contributed by atoms with E-state index in [1.54, 1.807) is 0 Å². The molecule has 82 valence electrons. The lowest BCUT2D eigenvalue weighted by Crippen LogP contribution is -2.14. The Hall–Kier alpha value is -0.860. The van der Waals surface area contributed by atoms with Gasteiger partial charge < -0.3 is 0 Å². The summed E-state index contributed by atoms with van der Waals surface area (Å²) < 4.78 is 0. The fraction of sp³-hybridized carbons (Fsp3) is 0.538. The topological polar surface area (TPSA) is 29.5 Å². The molecule has 0 radical (unpaired) electrons. The summed E-state index contributed by atoms with van der Waals surface area (Å²) in [5.74, 6) is 0. The zero-order chi connectivity index (χ0) is 11.1. The number of hydrogen-bond acceptors (Lipinski definition) is 2. The fourth-order valence-electron chi connectivity index (χ4n) is 2.76. The molecule has 0 saturated heterocycles. The van der Waals surface area contributed by atoms with Crippen LogP contribution in [0.2, 0.25) is 0 Å². The Labute approximate surface area is 90.8 Å². The first-order valence-electron chi connectivity index (χ1n) is 5.44. The van der Waals surface area contributed by atoms with E-state index in [4.69, 9.17) is 5.26 Å². The van der Waals surface area contributed by atoms with Gasteiger partial charge in [-0.3, -0.25) is 5.26 Å². The predicted octanol–water partition coefficient (Wildman–Crippen LogP) is 3.21. The van der Waals surface area contributed by atoms with Gasteiger partial charge in [0.1, 0.15) is 6.61 Å². The van der Waals surface area contributed by atoms with E-state index in [-0.39, 0.29) is 12.0 Å². The van der Waals surface area contributed by atoms with Gasteiger partial charge in [0.15, 0.2) is 0 Å². The lowest BCUT2D eigenvalue weighted by Gasteiger charge is -2.22. The van der Waals surface area contributed by atoms with Gasteiger partial charge in [0.05, 0.1) is 0 Å². The van der Waals surface area contributed by atoms with Crippen molar-refractivity contribution in [2.24, 2.45) is 0 Å². The highest BCUT2D eigenvalue weighted by molar-refractivity contribution is 5.47. The van der Waals surface area contributed by atoms with Crippen LogP contribution in [0.25, 0.3) is 0 Å². The van der Waals surface area contributed by atoms with Crippen LogP contribution >= 0.6 is 0 Å². The van der Waals surface area contributed by atoms with Gasteiger partial charge in [0, 0.05) is 0 Å². The van der Waals surface area contributed by atoms with Crippen LogP contribution in [-0.2, 0) is 23.3 Å². The number of rotatable bonds is 2. The maximum Gasteiger partial charge on any atom is 0.107 e. The van der Waals surface area contributed by atoms with Crippen molar-refractivity contribution in [3.8, 4) is 0 Å². The minimum Gasteiger partial charge on any atom is -0.251 e. The van der Waals surface area contributed by atoms with Crippen LogP contribution in [-0.4, -0.2) is 5.26 Å². The molecule has 0 unspecified atom stereocenters. The van der Waals surface area contributed by atoms with Gasteiger partial charge in [-0.05, 0) is 47.4 Å². The summed E-state index contributed by atoms with van der Waals surface area (Å²) in [4.78, 5) is 4.24. The molecule has 1 aliphatic rings. The summed E-state index contributed by atoms with van der Waals surface area (Å²) in [5.41, 5.74) is 5.55. The number of aryl methyl sites for hydroxylation is 1. The molecule has 0 bridgehead atoms. The molecule has 0 saturated carbocycles. The third kappa shape index (κ3) is 1.68. The molecular weight excluding hydrogens is 188 g/mol. The molecule has 1 aromatic rings. The average molecular weight is 206 g/mol. The van der Waals surface area contributed by atoms with Gasteiger partial charge in [-0.1, -0.05) is 26.0 Å². The normalized spacial score (nSPS) is 17.9. The second-order valence-electron chi connectivity index (χ2n) is 5.04. The lowest BCUT2D eigenvalue weighted by atomic mass is 9.82. The Balaban J connectivity index is 2.52. The van der Waals surface area contributed by atoms with Crippen LogP contribution in [0, 0.1) is 6.92 Å². The highest BCUT2D eigenvalue weighted by Crippen LogP contribution is 2.41. The Morgan fingerprint density at radius 1 is 1.40 bits per heavy atom. The Morgan fingerprint density at radius 3 is 2.80 bits per heavy atom. The summed E-state index contributed by atoms with van der Waals surface area (Å²) >= 11 is 0. The van der Waals surface area contributed by atoms with Gasteiger partial charge >= 0.3 is 0 Å². The molecule has 1 aliphatic carbocycles. The van der Waals surface area contributed by atoms with Gasteiger partial charge in [0.2, 0.25) is 0 Å². The standard InChI is InChI=1S/C13H18O2/c1-9-11(8-15-14)5-4-10-6-7-13(2,3)12(9)10/h4-5,14H,6-8H2,1-3H3. The third-order valence-corrected chi connectivity index (χ3v) is 3.58. The van der Waals surface area contributed by atoms with Gasteiger partial charge in [-0.15, -0.1) is 0 Å². The minimum atomic E-state index is 0.269. The molecule has 2 heteroatoms. The van der Waals surface area contributed by atoms with Crippen molar-refractivity contribution >= 4 is 0 Å². The predicted molar refractivity (Wildman–Crippen MR) is 59.9 cm³/mol. The van der Waals surface area contributed by atoms with E-state index in [1.807, 2.05) is 0 Å². The van der Waals surface area contributed by atoms with Crippen molar-refractivity contribution in [1.82, 2.24) is 0 Å². The molecular formula is C13H18O2. The first kappa shape index (κ1) is 10.7. The van der Waals surface area contributed by atoms with Crippen LogP contribution in [0.5, 0.6) is 0 Å². The summed E-state index contributed by atoms with van der Waals surface area (Å²) in [6.45, 7) is 6.99. The maximum absolute atomic E-state index is 8.52. The Bertz CT molecular complexity index is 380. The second-order valence-corrected chi connectivity index (χ2v) is 5.04. The van der Waals surface area contributed by atoms with Crippen LogP contribution in [0.1, 0.15) is 42.5 Å². The van der Waals surface area contributed by atoms with Gasteiger partial charge in [-0.2, -0.15) is 0 Å². The highest BCUT2D eigenvalue weighted by Gasteiger charge is 2.31. The molecule has 0 atom stereocenters. The molecule has 0 aliphatic heterocycles. The van der Waals surface area contributed by atoms with Crippen LogP contribution in [0.3, 0.4) is 0 Å². The van der Waals surface area contributed by atoms with Crippen molar-refractivity contribution < 1.29 is 10.1 Å². The number of fused-ring (bicyclic) bond motifs is 1. The van der Waals surface area contributed by atoms with E-state index < -0.39 is 0 Å². The zero-order valence-electron chi connectivity index (χ0n) is 9.63. The van der Waals surface area contributed by atoms with Crippen LogP contribution in [0.4, 0.5) is 0 Å². The summed E-state index contributed by atoms with van der Waals surface area (Å²) in [6.07, 6.45) is 2.38. The molecule has 1 aromatic carbocycles. The van der Waals surface area contributed by atoms with Gasteiger partial charge in [-0.25, -0.2) is 4.89 Å². The molecule has 2 rings (SSSR count). The van der Waals surface area contributed by atoms with E-state index in [0.717, 1.165) is 5.56 Å². The first-order valence-corrected chi connectivity index (χ1v) is 5.44. The molecule has 2 nitrogen and oxygen atoms in total. The quantitative estimate of drug-likeness (QED) is 0.594. The smallest absolute Gasteiger partial charge is 0.107 e. The van der Waals surface area contributed by atoms with Crippen LogP contribution in [0.15, 0.2) is 12.1 Å². The maximum atomic E-state index is 8.52. The average Bonchev–Trinajstić information content (AvgIpc) is 2.48. The molecule has 0 spiro atoms. The molecule has 15 heavy (non-hydrogen) atoms. The monoisotopic (exact) mass is 206 g/mol. The third-order valence-electron chi connectivity index (χ3n) is 3.58. The number of benzene rings is 1. The van der Waals surface area contributed by atoms with E-state index in [1.165, 1.54) is 29.5 Å². The van der Waals surface area contributed by atoms with Crippen LogP contribution < -0.4 is 0 Å². The second kappa shape index (κ2) is 3.62. The number of hydrogen-bond donors (Lipinski definition) is 1. The zero-order valence-corrected chi connectivity index (χ0v) is 9.63. The Morgan fingerprint density at radius 2 is 2.13 bits per heavy atom. The summed E-state index contributed by atoms with van der Waals surface area (Å²) in [7, 11) is 0. The molecule has 0 fully saturated rings. The molecule has 0 amide bonds. The molecule has 0 aromatic heterocycles. The Kier molecular flexibility index (Phi) is 2.57. The fourth-order valence-corrected chi connectivity index (χ4v) is 2.76. The summed E-state index contributed by atoms with van der Waals surface area (Å²) in [5, 5.41) is 8.52. The van der Waals surface area contributed by atoms with E-state index in [0.29, 0.717) is 0 Å².